The number of phenolic OH excluding ortho intramolecular Hbond substituents is 1. The Morgan fingerprint density at radius 2 is 1.98 bits per heavy atom. The molecule has 242 valence electrons. The molecule has 0 saturated carbocycles. The summed E-state index contributed by atoms with van der Waals surface area (Å²) in [5.74, 6) is 1.47. The van der Waals surface area contributed by atoms with Crippen molar-refractivity contribution in [1.29, 1.82) is 0 Å². The summed E-state index contributed by atoms with van der Waals surface area (Å²) < 4.78 is 43.7. The summed E-state index contributed by atoms with van der Waals surface area (Å²) in [6.07, 6.45) is 12.1. The molecule has 4 aliphatic rings. The topological polar surface area (TPSA) is 95.9 Å². The number of methoxy groups -OCH3 is 1. The fraction of sp³-hybridized carbons (Fsp3) is 0.417. The number of terminal acetylenes is 1. The van der Waals surface area contributed by atoms with Crippen LogP contribution >= 0.6 is 0 Å². The van der Waals surface area contributed by atoms with E-state index in [1.165, 1.54) is 24.3 Å². The molecule has 4 fully saturated rings. The number of anilines is 1. The molecule has 9 nitrogen and oxygen atoms in total. The van der Waals surface area contributed by atoms with E-state index in [1.807, 2.05) is 0 Å². The van der Waals surface area contributed by atoms with Crippen molar-refractivity contribution in [1.82, 2.24) is 25.2 Å². The zero-order valence-electron chi connectivity index (χ0n) is 26.2. The van der Waals surface area contributed by atoms with Gasteiger partial charge in [0.15, 0.2) is 5.82 Å². The highest BCUT2D eigenvalue weighted by Gasteiger charge is 2.51. The first-order valence-corrected chi connectivity index (χ1v) is 16.1. The number of aromatic nitrogens is 3. The standard InChI is InChI=1S/C36H36F2N6O3/c1-4-26-29(37)8-5-21-11-25(45)12-27(30(21)26)32-31(38)33-28(14-39-32)34(43-16-22-6-7-23(17-43)40-22)42-35(41-33)47-19-36-10-9-24(18-46-3)44(36)15-20(2)13-36/h1,5,8,11-12,14,22-24,40,45H,2,6-7,9-10,13,15-19H2,3H3/t22?,23?,24-,36+/m0/s1. The van der Waals surface area contributed by atoms with Crippen molar-refractivity contribution in [2.75, 3.05) is 44.9 Å². The number of halogens is 2. The number of phenols is 1. The van der Waals surface area contributed by atoms with Gasteiger partial charge in [-0.15, -0.1) is 6.42 Å². The van der Waals surface area contributed by atoms with Crippen molar-refractivity contribution >= 4 is 27.5 Å². The lowest BCUT2D eigenvalue weighted by atomic mass is 9.94. The van der Waals surface area contributed by atoms with E-state index < -0.39 is 11.6 Å². The molecule has 2 unspecified atom stereocenters. The molecule has 0 aliphatic carbocycles. The summed E-state index contributed by atoms with van der Waals surface area (Å²) in [6, 6.07) is 6.51. The van der Waals surface area contributed by atoms with Crippen LogP contribution in [0.15, 0.2) is 42.6 Å². The quantitative estimate of drug-likeness (QED) is 0.216. The Bertz CT molecular complexity index is 1970. The Balaban J connectivity index is 1.25. The molecule has 0 spiro atoms. The molecule has 4 saturated heterocycles. The highest BCUT2D eigenvalue weighted by Crippen LogP contribution is 2.45. The van der Waals surface area contributed by atoms with Gasteiger partial charge < -0.3 is 24.8 Å². The second kappa shape index (κ2) is 11.4. The fourth-order valence-electron chi connectivity index (χ4n) is 8.38. The first-order valence-electron chi connectivity index (χ1n) is 16.1. The molecule has 2 N–H and O–H groups in total. The third kappa shape index (κ3) is 4.98. The lowest BCUT2D eigenvalue weighted by molar-refractivity contribution is 0.0522. The largest absolute Gasteiger partial charge is 0.508 e. The van der Waals surface area contributed by atoms with Gasteiger partial charge in [0.2, 0.25) is 0 Å². The molecule has 4 atom stereocenters. The Hall–Kier alpha value is -4.37. The van der Waals surface area contributed by atoms with E-state index in [0.29, 0.717) is 55.0 Å². The van der Waals surface area contributed by atoms with Crippen LogP contribution in [0.5, 0.6) is 11.8 Å². The second-order valence-corrected chi connectivity index (χ2v) is 13.4. The summed E-state index contributed by atoms with van der Waals surface area (Å²) >= 11 is 0. The Labute approximate surface area is 271 Å². The van der Waals surface area contributed by atoms with E-state index in [9.17, 15) is 9.50 Å². The number of fused-ring (bicyclic) bond motifs is 5. The lowest BCUT2D eigenvalue weighted by Crippen LogP contribution is -2.51. The van der Waals surface area contributed by atoms with Crippen LogP contribution in [0, 0.1) is 24.0 Å². The van der Waals surface area contributed by atoms with Crippen molar-refractivity contribution in [3.8, 4) is 35.4 Å². The molecule has 2 bridgehead atoms. The zero-order chi connectivity index (χ0) is 32.4. The number of pyridine rings is 1. The SMILES string of the molecule is C#Cc1c(F)ccc2cc(O)cc(-c3ncc4c(N5CC6CCC(C5)N6)nc(OC[C@]56CC[C@@H](COC)N5CC(=C)C6)nc4c3F)c12. The highest BCUT2D eigenvalue weighted by molar-refractivity contribution is 6.03. The van der Waals surface area contributed by atoms with Crippen LogP contribution < -0.4 is 15.0 Å². The van der Waals surface area contributed by atoms with E-state index in [1.54, 1.807) is 13.3 Å². The smallest absolute Gasteiger partial charge is 0.319 e. The number of benzene rings is 2. The Morgan fingerprint density at radius 3 is 2.74 bits per heavy atom. The molecule has 0 amide bonds. The molecule has 4 aromatic rings. The number of aromatic hydroxyl groups is 1. The van der Waals surface area contributed by atoms with Gasteiger partial charge in [-0.3, -0.25) is 9.88 Å². The van der Waals surface area contributed by atoms with Crippen molar-refractivity contribution in [3.05, 3.63) is 59.8 Å². The van der Waals surface area contributed by atoms with Gasteiger partial charge in [-0.1, -0.05) is 24.1 Å². The van der Waals surface area contributed by atoms with Crippen LogP contribution in [0.25, 0.3) is 32.9 Å². The molecular weight excluding hydrogens is 602 g/mol. The molecule has 47 heavy (non-hydrogen) atoms. The van der Waals surface area contributed by atoms with Crippen LogP contribution in [0.4, 0.5) is 14.6 Å². The first-order chi connectivity index (χ1) is 22.8. The van der Waals surface area contributed by atoms with Gasteiger partial charge in [0, 0.05) is 62.0 Å². The summed E-state index contributed by atoms with van der Waals surface area (Å²) in [5, 5.41) is 15.4. The molecular formula is C36H36F2N6O3. The Morgan fingerprint density at radius 1 is 1.17 bits per heavy atom. The minimum absolute atomic E-state index is 0.0323. The minimum atomic E-state index is -0.733. The van der Waals surface area contributed by atoms with Crippen molar-refractivity contribution < 1.29 is 23.4 Å². The minimum Gasteiger partial charge on any atom is -0.508 e. The first kappa shape index (κ1) is 30.0. The average molecular weight is 639 g/mol. The maximum absolute atomic E-state index is 16.9. The molecule has 2 aromatic heterocycles. The van der Waals surface area contributed by atoms with Gasteiger partial charge in [-0.05, 0) is 55.7 Å². The maximum Gasteiger partial charge on any atom is 0.319 e. The predicted molar refractivity (Wildman–Crippen MR) is 176 cm³/mol. The van der Waals surface area contributed by atoms with E-state index in [4.69, 9.17) is 20.9 Å². The van der Waals surface area contributed by atoms with Gasteiger partial charge in [0.1, 0.15) is 35.2 Å². The van der Waals surface area contributed by atoms with Crippen LogP contribution in [-0.4, -0.2) is 88.6 Å². The number of ether oxygens (including phenoxy) is 2. The number of rotatable bonds is 7. The van der Waals surface area contributed by atoms with Crippen LogP contribution in [-0.2, 0) is 4.74 Å². The van der Waals surface area contributed by atoms with Crippen LogP contribution in [0.2, 0.25) is 0 Å². The zero-order valence-corrected chi connectivity index (χ0v) is 26.2. The number of hydrogen-bond donors (Lipinski definition) is 2. The van der Waals surface area contributed by atoms with Gasteiger partial charge in [0.25, 0.3) is 0 Å². The van der Waals surface area contributed by atoms with Gasteiger partial charge in [-0.2, -0.15) is 9.97 Å². The average Bonchev–Trinajstić information content (AvgIpc) is 3.69. The number of nitrogens with zero attached hydrogens (tertiary/aromatic N) is 5. The molecule has 2 aromatic carbocycles. The van der Waals surface area contributed by atoms with Gasteiger partial charge >= 0.3 is 6.01 Å². The molecule has 11 heteroatoms. The van der Waals surface area contributed by atoms with E-state index in [-0.39, 0.29) is 51.1 Å². The van der Waals surface area contributed by atoms with Crippen LogP contribution in [0.3, 0.4) is 0 Å². The van der Waals surface area contributed by atoms with Gasteiger partial charge in [0.05, 0.1) is 23.1 Å². The Kier molecular flexibility index (Phi) is 7.28. The molecule has 0 radical (unpaired) electrons. The van der Waals surface area contributed by atoms with E-state index >= 15 is 4.39 Å². The maximum atomic E-state index is 16.9. The third-order valence-corrected chi connectivity index (χ3v) is 10.4. The van der Waals surface area contributed by atoms with Crippen molar-refractivity contribution in [2.45, 2.75) is 55.8 Å². The number of piperazine rings is 1. The monoisotopic (exact) mass is 638 g/mol. The van der Waals surface area contributed by atoms with Gasteiger partial charge in [-0.25, -0.2) is 8.78 Å². The normalized spacial score (nSPS) is 25.5. The summed E-state index contributed by atoms with van der Waals surface area (Å²) in [5.41, 5.74) is 0.951. The van der Waals surface area contributed by atoms with Crippen molar-refractivity contribution in [3.63, 3.8) is 0 Å². The molecule has 8 rings (SSSR count). The lowest BCUT2D eigenvalue weighted by Gasteiger charge is -2.35. The molecule has 6 heterocycles. The fourth-order valence-corrected chi connectivity index (χ4v) is 8.38. The van der Waals surface area contributed by atoms with E-state index in [0.717, 1.165) is 44.2 Å². The third-order valence-electron chi connectivity index (χ3n) is 10.4. The predicted octanol–water partition coefficient (Wildman–Crippen LogP) is 4.94. The van der Waals surface area contributed by atoms with Crippen LogP contribution in [0.1, 0.15) is 37.7 Å². The number of hydrogen-bond acceptors (Lipinski definition) is 9. The highest BCUT2D eigenvalue weighted by atomic mass is 19.1. The second-order valence-electron chi connectivity index (χ2n) is 13.4. The number of nitrogens with one attached hydrogen (secondary N) is 1. The summed E-state index contributed by atoms with van der Waals surface area (Å²) in [7, 11) is 1.72. The van der Waals surface area contributed by atoms with E-state index in [2.05, 4.69) is 37.6 Å². The summed E-state index contributed by atoms with van der Waals surface area (Å²) in [4.78, 5) is 18.7. The van der Waals surface area contributed by atoms with Crippen molar-refractivity contribution in [2.24, 2.45) is 0 Å². The summed E-state index contributed by atoms with van der Waals surface area (Å²) in [6.45, 7) is 7.44. The molecule has 4 aliphatic heterocycles.